The van der Waals surface area contributed by atoms with Crippen molar-refractivity contribution in [3.8, 4) is 0 Å². The lowest BCUT2D eigenvalue weighted by molar-refractivity contribution is 0.425. The van der Waals surface area contributed by atoms with Crippen molar-refractivity contribution in [3.63, 3.8) is 0 Å². The number of benzene rings is 3. The Kier molecular flexibility index (Phi) is 5.11. The van der Waals surface area contributed by atoms with Crippen LogP contribution in [0, 0.1) is 0 Å². The Bertz CT molecular complexity index is 1000. The number of hydrogen-bond acceptors (Lipinski definition) is 4. The summed E-state index contributed by atoms with van der Waals surface area (Å²) in [6, 6.07) is 27.7. The Balaban J connectivity index is 1.80. The molecule has 3 aromatic carbocycles. The summed E-state index contributed by atoms with van der Waals surface area (Å²) >= 11 is 0. The lowest BCUT2D eigenvalue weighted by Gasteiger charge is -2.33. The van der Waals surface area contributed by atoms with Crippen LogP contribution in [0.15, 0.2) is 96.0 Å². The van der Waals surface area contributed by atoms with Crippen LogP contribution >= 0.6 is 0 Å². The van der Waals surface area contributed by atoms with Crippen molar-refractivity contribution in [1.82, 2.24) is 4.90 Å². The average Bonchev–Trinajstić information content (AvgIpc) is 2.75. The van der Waals surface area contributed by atoms with Crippen molar-refractivity contribution in [3.05, 3.63) is 108 Å². The predicted octanol–water partition coefficient (Wildman–Crippen LogP) is 2.84. The molecule has 1 aliphatic rings. The highest BCUT2D eigenvalue weighted by atomic mass is 16.4. The van der Waals surface area contributed by atoms with Crippen LogP contribution in [-0.4, -0.2) is 34.9 Å². The molecule has 1 atom stereocenters. The summed E-state index contributed by atoms with van der Waals surface area (Å²) in [6.45, 7) is 0. The van der Waals surface area contributed by atoms with E-state index in [9.17, 15) is 10.0 Å². The summed E-state index contributed by atoms with van der Waals surface area (Å²) in [6.07, 6.45) is 2.18. The molecular weight excluding hydrogens is 347 g/mol. The van der Waals surface area contributed by atoms with Crippen molar-refractivity contribution in [2.24, 2.45) is 4.99 Å². The van der Waals surface area contributed by atoms with E-state index in [1.165, 1.54) is 5.56 Å². The van der Waals surface area contributed by atoms with Gasteiger partial charge in [0, 0.05) is 12.6 Å². The first-order chi connectivity index (χ1) is 13.6. The van der Waals surface area contributed by atoms with E-state index in [1.54, 1.807) is 12.1 Å². The molecule has 0 saturated carbocycles. The zero-order valence-electron chi connectivity index (χ0n) is 15.6. The summed E-state index contributed by atoms with van der Waals surface area (Å²) in [4.78, 5) is 7.08. The predicted molar refractivity (Wildman–Crippen MR) is 114 cm³/mol. The Hall–Kier alpha value is -3.15. The van der Waals surface area contributed by atoms with Crippen LogP contribution in [0.5, 0.6) is 0 Å². The van der Waals surface area contributed by atoms with Gasteiger partial charge in [-0.1, -0.05) is 84.9 Å². The molecule has 0 radical (unpaired) electrons. The number of nitrogens with zero attached hydrogens (tertiary/aromatic N) is 2. The Labute approximate surface area is 165 Å². The Morgan fingerprint density at radius 2 is 1.39 bits per heavy atom. The SMILES string of the molecule is CN1C(c2ccc(B(O)O)cc2)=NC(c2ccccc2)=CC1c1ccccc1. The molecule has 0 aromatic heterocycles. The number of aliphatic imine (C=N–C) groups is 1. The summed E-state index contributed by atoms with van der Waals surface area (Å²) in [5, 5.41) is 18.7. The van der Waals surface area contributed by atoms with Gasteiger partial charge >= 0.3 is 7.12 Å². The van der Waals surface area contributed by atoms with Crippen LogP contribution in [0.3, 0.4) is 0 Å². The van der Waals surface area contributed by atoms with Crippen LogP contribution in [0.25, 0.3) is 5.70 Å². The van der Waals surface area contributed by atoms with E-state index in [1.807, 2.05) is 55.6 Å². The topological polar surface area (TPSA) is 56.1 Å². The van der Waals surface area contributed by atoms with E-state index >= 15 is 0 Å². The molecule has 5 heteroatoms. The van der Waals surface area contributed by atoms with E-state index in [0.717, 1.165) is 22.7 Å². The maximum atomic E-state index is 9.36. The minimum atomic E-state index is -1.48. The minimum absolute atomic E-state index is 0.0482. The van der Waals surface area contributed by atoms with Crippen LogP contribution in [0.2, 0.25) is 0 Å². The second-order valence-corrected chi connectivity index (χ2v) is 6.82. The molecule has 0 bridgehead atoms. The molecule has 1 heterocycles. The maximum Gasteiger partial charge on any atom is 0.488 e. The minimum Gasteiger partial charge on any atom is -0.423 e. The molecule has 0 saturated heterocycles. The summed E-state index contributed by atoms with van der Waals surface area (Å²) in [5.41, 5.74) is 4.56. The smallest absolute Gasteiger partial charge is 0.423 e. The number of amidine groups is 1. The molecule has 28 heavy (non-hydrogen) atoms. The standard InChI is InChI=1S/C23H21BN2O2/c1-26-22(18-10-6-3-7-11-18)16-21(17-8-4-2-5-9-17)25-23(26)19-12-14-20(15-13-19)24(27)28/h2-16,22,27-28H,1H3. The van der Waals surface area contributed by atoms with Crippen LogP contribution in [-0.2, 0) is 0 Å². The second kappa shape index (κ2) is 7.84. The Morgan fingerprint density at radius 1 is 0.786 bits per heavy atom. The first-order valence-electron chi connectivity index (χ1n) is 9.23. The number of hydrogen-bond donors (Lipinski definition) is 2. The lowest BCUT2D eigenvalue weighted by atomic mass is 9.80. The van der Waals surface area contributed by atoms with E-state index in [2.05, 4.69) is 35.2 Å². The van der Waals surface area contributed by atoms with Crippen LogP contribution in [0.1, 0.15) is 22.7 Å². The fourth-order valence-corrected chi connectivity index (χ4v) is 3.44. The van der Waals surface area contributed by atoms with Gasteiger partial charge in [0.1, 0.15) is 5.84 Å². The quantitative estimate of drug-likeness (QED) is 0.697. The van der Waals surface area contributed by atoms with Crippen molar-refractivity contribution in [2.75, 3.05) is 7.05 Å². The molecule has 1 aliphatic heterocycles. The normalized spacial score (nSPS) is 16.4. The third-order valence-electron chi connectivity index (χ3n) is 4.97. The molecule has 3 aromatic rings. The molecule has 138 valence electrons. The lowest BCUT2D eigenvalue weighted by Crippen LogP contribution is -2.34. The maximum absolute atomic E-state index is 9.36. The van der Waals surface area contributed by atoms with Gasteiger partial charge in [0.2, 0.25) is 0 Å². The van der Waals surface area contributed by atoms with Gasteiger partial charge in [0.15, 0.2) is 0 Å². The van der Waals surface area contributed by atoms with Gasteiger partial charge in [-0.25, -0.2) is 4.99 Å². The van der Waals surface area contributed by atoms with Gasteiger partial charge in [0.05, 0.1) is 11.7 Å². The third-order valence-corrected chi connectivity index (χ3v) is 4.97. The van der Waals surface area contributed by atoms with Gasteiger partial charge in [0.25, 0.3) is 0 Å². The summed E-state index contributed by atoms with van der Waals surface area (Å²) in [5.74, 6) is 0.842. The first kappa shape index (κ1) is 18.2. The monoisotopic (exact) mass is 368 g/mol. The van der Waals surface area contributed by atoms with Gasteiger partial charge in [-0.2, -0.15) is 0 Å². The van der Waals surface area contributed by atoms with Crippen LogP contribution in [0.4, 0.5) is 0 Å². The van der Waals surface area contributed by atoms with Crippen molar-refractivity contribution in [1.29, 1.82) is 0 Å². The van der Waals surface area contributed by atoms with Crippen LogP contribution < -0.4 is 5.46 Å². The average molecular weight is 368 g/mol. The molecule has 0 fully saturated rings. The molecule has 0 amide bonds. The zero-order chi connectivity index (χ0) is 19.5. The third kappa shape index (κ3) is 3.63. The van der Waals surface area contributed by atoms with Gasteiger partial charge in [-0.3, -0.25) is 0 Å². The van der Waals surface area contributed by atoms with Crippen molar-refractivity contribution < 1.29 is 10.0 Å². The molecule has 0 aliphatic carbocycles. The largest absolute Gasteiger partial charge is 0.488 e. The van der Waals surface area contributed by atoms with E-state index in [0.29, 0.717) is 5.46 Å². The highest BCUT2D eigenvalue weighted by Gasteiger charge is 2.25. The molecule has 2 N–H and O–H groups in total. The summed E-state index contributed by atoms with van der Waals surface area (Å²) < 4.78 is 0. The molecule has 1 unspecified atom stereocenters. The van der Waals surface area contributed by atoms with Crippen molar-refractivity contribution in [2.45, 2.75) is 6.04 Å². The zero-order valence-corrected chi connectivity index (χ0v) is 15.6. The van der Waals surface area contributed by atoms with E-state index in [-0.39, 0.29) is 6.04 Å². The Morgan fingerprint density at radius 3 is 2.00 bits per heavy atom. The van der Waals surface area contributed by atoms with Gasteiger partial charge in [-0.05, 0) is 22.7 Å². The van der Waals surface area contributed by atoms with Gasteiger partial charge < -0.3 is 14.9 Å². The molecule has 4 rings (SSSR count). The van der Waals surface area contributed by atoms with E-state index in [4.69, 9.17) is 4.99 Å². The number of likely N-dealkylation sites (N-methyl/N-ethyl adjacent to an activating group) is 1. The molecule has 4 nitrogen and oxygen atoms in total. The highest BCUT2D eigenvalue weighted by molar-refractivity contribution is 6.58. The highest BCUT2D eigenvalue weighted by Crippen LogP contribution is 2.32. The molecule has 0 spiro atoms. The number of rotatable bonds is 4. The fraction of sp³-hybridized carbons (Fsp3) is 0.0870. The second-order valence-electron chi connectivity index (χ2n) is 6.82. The summed E-state index contributed by atoms with van der Waals surface area (Å²) in [7, 11) is 0.556. The fourth-order valence-electron chi connectivity index (χ4n) is 3.44. The first-order valence-corrected chi connectivity index (χ1v) is 9.23. The van der Waals surface area contributed by atoms with Crippen molar-refractivity contribution >= 4 is 24.1 Å². The van der Waals surface area contributed by atoms with Gasteiger partial charge in [-0.15, -0.1) is 0 Å². The van der Waals surface area contributed by atoms with E-state index < -0.39 is 7.12 Å². The molecular formula is C23H21BN2O2.